The van der Waals surface area contributed by atoms with Gasteiger partial charge in [-0.25, -0.2) is 9.97 Å². The van der Waals surface area contributed by atoms with Gasteiger partial charge in [0.1, 0.15) is 5.52 Å². The van der Waals surface area contributed by atoms with E-state index in [-0.39, 0.29) is 24.8 Å². The Balaban J connectivity index is 0.00000182. The van der Waals surface area contributed by atoms with Crippen molar-refractivity contribution in [3.05, 3.63) is 35.4 Å². The van der Waals surface area contributed by atoms with Gasteiger partial charge < -0.3 is 15.0 Å². The lowest BCUT2D eigenvalue weighted by Gasteiger charge is -2.14. The van der Waals surface area contributed by atoms with Crippen LogP contribution >= 0.6 is 36.4 Å². The molecule has 2 aromatic heterocycles. The zero-order valence-electron chi connectivity index (χ0n) is 15.7. The van der Waals surface area contributed by atoms with Crippen molar-refractivity contribution in [2.45, 2.75) is 12.8 Å². The summed E-state index contributed by atoms with van der Waals surface area (Å²) in [6.07, 6.45) is 2.23. The standard InChI is InChI=1S/C19H23ClN4O.2ClH/c1-24(2)11-5-4-10-21-18-14-7-6-13(20)12-16(14)22-15-8-9-17(25-3)23-19(15)18;;/h6-9,12H,4-5,10-11H2,1-3H3,(H,21,22);2*1H. The maximum Gasteiger partial charge on any atom is 0.213 e. The van der Waals surface area contributed by atoms with Gasteiger partial charge in [0.15, 0.2) is 0 Å². The van der Waals surface area contributed by atoms with Gasteiger partial charge in [-0.3, -0.25) is 0 Å². The Labute approximate surface area is 177 Å². The van der Waals surface area contributed by atoms with Crippen LogP contribution in [0.15, 0.2) is 30.3 Å². The Morgan fingerprint density at radius 1 is 1.04 bits per heavy atom. The summed E-state index contributed by atoms with van der Waals surface area (Å²) in [5.41, 5.74) is 3.50. The van der Waals surface area contributed by atoms with Gasteiger partial charge >= 0.3 is 0 Å². The summed E-state index contributed by atoms with van der Waals surface area (Å²) in [5.74, 6) is 0.582. The van der Waals surface area contributed by atoms with Gasteiger partial charge in [0.2, 0.25) is 5.88 Å². The number of hydrogen-bond donors (Lipinski definition) is 1. The third-order valence-corrected chi connectivity index (χ3v) is 4.33. The van der Waals surface area contributed by atoms with E-state index < -0.39 is 0 Å². The quantitative estimate of drug-likeness (QED) is 0.419. The van der Waals surface area contributed by atoms with Crippen molar-refractivity contribution in [1.29, 1.82) is 0 Å². The number of hydrogen-bond acceptors (Lipinski definition) is 5. The molecule has 0 aliphatic carbocycles. The van der Waals surface area contributed by atoms with Gasteiger partial charge in [-0.15, -0.1) is 24.8 Å². The van der Waals surface area contributed by atoms with E-state index >= 15 is 0 Å². The molecule has 3 rings (SSSR count). The van der Waals surface area contributed by atoms with E-state index in [2.05, 4.69) is 29.3 Å². The molecule has 148 valence electrons. The summed E-state index contributed by atoms with van der Waals surface area (Å²) in [7, 11) is 5.81. The SMILES string of the molecule is COc1ccc2nc3cc(Cl)ccc3c(NCCCCN(C)C)c2n1.Cl.Cl. The Bertz CT molecular complexity index is 890. The molecule has 0 aliphatic rings. The third kappa shape index (κ3) is 5.72. The van der Waals surface area contributed by atoms with Crippen molar-refractivity contribution >= 4 is 64.0 Å². The molecule has 0 spiro atoms. The molecule has 1 aromatic carbocycles. The summed E-state index contributed by atoms with van der Waals surface area (Å²) in [5, 5.41) is 5.25. The Hall–Kier alpha value is -1.53. The van der Waals surface area contributed by atoms with Gasteiger partial charge in [-0.05, 0) is 57.7 Å². The van der Waals surface area contributed by atoms with Crippen LogP contribution in [0.3, 0.4) is 0 Å². The van der Waals surface area contributed by atoms with Gasteiger partial charge in [0.05, 0.1) is 23.8 Å². The minimum atomic E-state index is 0. The van der Waals surface area contributed by atoms with E-state index in [9.17, 15) is 0 Å². The number of aromatic nitrogens is 2. The van der Waals surface area contributed by atoms with Crippen LogP contribution in [0.1, 0.15) is 12.8 Å². The van der Waals surface area contributed by atoms with E-state index in [0.29, 0.717) is 10.9 Å². The number of halogens is 3. The smallest absolute Gasteiger partial charge is 0.213 e. The molecule has 0 saturated heterocycles. The van der Waals surface area contributed by atoms with E-state index in [0.717, 1.165) is 53.6 Å². The van der Waals surface area contributed by atoms with Gasteiger partial charge in [0, 0.05) is 23.0 Å². The molecule has 5 nitrogen and oxygen atoms in total. The zero-order chi connectivity index (χ0) is 17.8. The van der Waals surface area contributed by atoms with E-state index in [1.807, 2.05) is 30.3 Å². The number of nitrogens with zero attached hydrogens (tertiary/aromatic N) is 3. The van der Waals surface area contributed by atoms with Crippen molar-refractivity contribution in [2.75, 3.05) is 39.6 Å². The van der Waals surface area contributed by atoms with Crippen molar-refractivity contribution in [3.8, 4) is 5.88 Å². The first-order chi connectivity index (χ1) is 12.1. The molecule has 0 saturated carbocycles. The average molecular weight is 432 g/mol. The molecule has 0 amide bonds. The van der Waals surface area contributed by atoms with E-state index in [1.54, 1.807) is 7.11 Å². The molecule has 27 heavy (non-hydrogen) atoms. The van der Waals surface area contributed by atoms with Crippen LogP contribution in [0.25, 0.3) is 21.9 Å². The molecule has 3 aromatic rings. The number of methoxy groups -OCH3 is 1. The molecular weight excluding hydrogens is 407 g/mol. The van der Waals surface area contributed by atoms with Crippen molar-refractivity contribution < 1.29 is 4.74 Å². The average Bonchev–Trinajstić information content (AvgIpc) is 2.59. The minimum Gasteiger partial charge on any atom is -0.481 e. The van der Waals surface area contributed by atoms with Crippen LogP contribution in [0, 0.1) is 0 Å². The molecular formula is C19H25Cl3N4O. The molecule has 0 atom stereocenters. The normalized spacial score (nSPS) is 10.6. The molecule has 0 bridgehead atoms. The lowest BCUT2D eigenvalue weighted by Crippen LogP contribution is -2.14. The van der Waals surface area contributed by atoms with Crippen LogP contribution in [0.2, 0.25) is 5.02 Å². The molecule has 0 radical (unpaired) electrons. The highest BCUT2D eigenvalue weighted by atomic mass is 35.5. The van der Waals surface area contributed by atoms with Crippen molar-refractivity contribution in [1.82, 2.24) is 14.9 Å². The van der Waals surface area contributed by atoms with Crippen LogP contribution in [-0.4, -0.2) is 49.2 Å². The van der Waals surface area contributed by atoms with Crippen LogP contribution in [-0.2, 0) is 0 Å². The Morgan fingerprint density at radius 2 is 1.81 bits per heavy atom. The fraction of sp³-hybridized carbons (Fsp3) is 0.368. The lowest BCUT2D eigenvalue weighted by atomic mass is 10.1. The van der Waals surface area contributed by atoms with Crippen molar-refractivity contribution in [3.63, 3.8) is 0 Å². The van der Waals surface area contributed by atoms with Crippen LogP contribution in [0.4, 0.5) is 5.69 Å². The van der Waals surface area contributed by atoms with E-state index in [4.69, 9.17) is 21.3 Å². The summed E-state index contributed by atoms with van der Waals surface area (Å²) in [4.78, 5) is 11.5. The second-order valence-corrected chi connectivity index (χ2v) is 6.74. The molecule has 0 aliphatic heterocycles. The predicted octanol–water partition coefficient (Wildman–Crippen LogP) is 5.04. The molecule has 0 unspecified atom stereocenters. The largest absolute Gasteiger partial charge is 0.481 e. The maximum absolute atomic E-state index is 6.14. The van der Waals surface area contributed by atoms with Gasteiger partial charge in [-0.2, -0.15) is 0 Å². The fourth-order valence-electron chi connectivity index (χ4n) is 2.83. The summed E-state index contributed by atoms with van der Waals surface area (Å²) < 4.78 is 5.28. The van der Waals surface area contributed by atoms with Crippen molar-refractivity contribution in [2.24, 2.45) is 0 Å². The number of ether oxygens (including phenoxy) is 1. The Kier molecular flexibility index (Phi) is 9.33. The first-order valence-electron chi connectivity index (χ1n) is 8.41. The summed E-state index contributed by atoms with van der Waals surface area (Å²) in [6, 6.07) is 9.52. The zero-order valence-corrected chi connectivity index (χ0v) is 18.0. The highest BCUT2D eigenvalue weighted by Crippen LogP contribution is 2.32. The highest BCUT2D eigenvalue weighted by molar-refractivity contribution is 6.31. The number of nitrogens with one attached hydrogen (secondary N) is 1. The second-order valence-electron chi connectivity index (χ2n) is 6.31. The number of benzene rings is 1. The molecule has 1 N–H and O–H groups in total. The monoisotopic (exact) mass is 430 g/mol. The fourth-order valence-corrected chi connectivity index (χ4v) is 3.00. The number of rotatable bonds is 7. The number of fused-ring (bicyclic) bond motifs is 2. The minimum absolute atomic E-state index is 0. The Morgan fingerprint density at radius 3 is 2.52 bits per heavy atom. The summed E-state index contributed by atoms with van der Waals surface area (Å²) >= 11 is 6.14. The molecule has 2 heterocycles. The van der Waals surface area contributed by atoms with Gasteiger partial charge in [0.25, 0.3) is 0 Å². The van der Waals surface area contributed by atoms with Crippen LogP contribution < -0.4 is 10.1 Å². The van der Waals surface area contributed by atoms with Gasteiger partial charge in [-0.1, -0.05) is 11.6 Å². The number of anilines is 1. The third-order valence-electron chi connectivity index (χ3n) is 4.10. The van der Waals surface area contributed by atoms with E-state index in [1.165, 1.54) is 0 Å². The second kappa shape index (κ2) is 10.7. The first kappa shape index (κ1) is 23.5. The number of pyridine rings is 2. The highest BCUT2D eigenvalue weighted by Gasteiger charge is 2.12. The molecule has 8 heteroatoms. The van der Waals surface area contributed by atoms with Crippen LogP contribution in [0.5, 0.6) is 5.88 Å². The first-order valence-corrected chi connectivity index (χ1v) is 8.79. The summed E-state index contributed by atoms with van der Waals surface area (Å²) in [6.45, 7) is 1.96. The lowest BCUT2D eigenvalue weighted by molar-refractivity contribution is 0.396. The number of unbranched alkanes of at least 4 members (excludes halogenated alkanes) is 1. The topological polar surface area (TPSA) is 50.3 Å². The molecule has 0 fully saturated rings. The maximum atomic E-state index is 6.14. The predicted molar refractivity (Wildman–Crippen MR) is 119 cm³/mol.